The summed E-state index contributed by atoms with van der Waals surface area (Å²) in [5, 5.41) is 3.12. The van der Waals surface area contributed by atoms with Crippen LogP contribution in [-0.4, -0.2) is 56.0 Å². The van der Waals surface area contributed by atoms with Crippen LogP contribution in [0.15, 0.2) is 48.5 Å². The lowest BCUT2D eigenvalue weighted by molar-refractivity contribution is -0.123. The molecule has 0 heterocycles. The van der Waals surface area contributed by atoms with Crippen molar-refractivity contribution in [3.8, 4) is 11.5 Å². The second kappa shape index (κ2) is 18.7. The number of nitrogens with one attached hydrogen (secondary N) is 1. The maximum Gasteiger partial charge on any atom is 0.349 e. The molecule has 0 bridgehead atoms. The maximum atomic E-state index is 14.8. The number of hydrogen-bond donors (Lipinski definition) is 1. The first-order valence-corrected chi connectivity index (χ1v) is 20.0. The van der Waals surface area contributed by atoms with Gasteiger partial charge in [-0.3, -0.25) is 13.9 Å². The minimum atomic E-state index is -4.14. The van der Waals surface area contributed by atoms with Crippen LogP contribution in [0.5, 0.6) is 11.5 Å². The highest BCUT2D eigenvalue weighted by molar-refractivity contribution is 7.74. The van der Waals surface area contributed by atoms with Gasteiger partial charge in [-0.2, -0.15) is 0 Å². The van der Waals surface area contributed by atoms with Gasteiger partial charge in [0.1, 0.15) is 11.5 Å². The van der Waals surface area contributed by atoms with E-state index in [-0.39, 0.29) is 24.8 Å². The topological polar surface area (TPSA) is 119 Å². The Morgan fingerprint density at radius 1 is 0.688 bits per heavy atom. The van der Waals surface area contributed by atoms with Crippen LogP contribution in [0.1, 0.15) is 111 Å². The SMILES string of the molecule is CCC(c1ccc(OC)cc1)C(C(=O)NCCCC(C)(P(=O)(OC(C)C)OC(C)C)P(=O)(OC(C)C)OC(C)C)c1ccc(OC)cc1. The lowest BCUT2D eigenvalue weighted by atomic mass is 9.79. The Morgan fingerprint density at radius 2 is 1.06 bits per heavy atom. The molecule has 272 valence electrons. The quantitative estimate of drug-likeness (QED) is 0.0997. The molecule has 0 fully saturated rings. The van der Waals surface area contributed by atoms with Gasteiger partial charge in [-0.1, -0.05) is 31.2 Å². The highest BCUT2D eigenvalue weighted by Crippen LogP contribution is 2.80. The fourth-order valence-corrected chi connectivity index (χ4v) is 11.5. The van der Waals surface area contributed by atoms with Crippen LogP contribution in [0.4, 0.5) is 0 Å². The smallest absolute Gasteiger partial charge is 0.349 e. The predicted octanol–water partition coefficient (Wildman–Crippen LogP) is 9.68. The van der Waals surface area contributed by atoms with E-state index in [0.717, 1.165) is 16.9 Å². The molecule has 0 aliphatic rings. The zero-order valence-corrected chi connectivity index (χ0v) is 32.8. The second-order valence-corrected chi connectivity index (χ2v) is 18.4. The molecule has 10 nitrogen and oxygen atoms in total. The van der Waals surface area contributed by atoms with Crippen LogP contribution in [0.2, 0.25) is 0 Å². The van der Waals surface area contributed by atoms with E-state index in [9.17, 15) is 13.9 Å². The van der Waals surface area contributed by atoms with Gasteiger partial charge >= 0.3 is 15.2 Å². The lowest BCUT2D eigenvalue weighted by Crippen LogP contribution is -2.36. The molecule has 2 rings (SSSR count). The number of hydrogen-bond acceptors (Lipinski definition) is 9. The molecule has 1 N–H and O–H groups in total. The average molecular weight is 712 g/mol. The van der Waals surface area contributed by atoms with Gasteiger partial charge in [-0.25, -0.2) is 0 Å². The third-order valence-electron chi connectivity index (χ3n) is 7.85. The van der Waals surface area contributed by atoms with E-state index in [4.69, 9.17) is 27.6 Å². The van der Waals surface area contributed by atoms with E-state index in [0.29, 0.717) is 18.6 Å². The summed E-state index contributed by atoms with van der Waals surface area (Å²) in [6.45, 7) is 17.9. The van der Waals surface area contributed by atoms with Gasteiger partial charge in [0.2, 0.25) is 5.91 Å². The summed E-state index contributed by atoms with van der Waals surface area (Å²) in [5.41, 5.74) is 1.86. The largest absolute Gasteiger partial charge is 0.497 e. The van der Waals surface area contributed by atoms with E-state index in [1.165, 1.54) is 0 Å². The molecule has 0 saturated heterocycles. The van der Waals surface area contributed by atoms with E-state index in [1.54, 1.807) is 76.5 Å². The first-order valence-electron chi connectivity index (χ1n) is 16.9. The molecule has 0 saturated carbocycles. The van der Waals surface area contributed by atoms with E-state index < -0.39 is 50.4 Å². The van der Waals surface area contributed by atoms with Gasteiger partial charge in [0.25, 0.3) is 0 Å². The van der Waals surface area contributed by atoms with Crippen LogP contribution in [-0.2, 0) is 32.0 Å². The fraction of sp³-hybridized carbons (Fsp3) is 0.639. The van der Waals surface area contributed by atoms with Crippen LogP contribution < -0.4 is 14.8 Å². The Balaban J connectivity index is 2.48. The van der Waals surface area contributed by atoms with Gasteiger partial charge in [-0.05, 0) is 123 Å². The first-order chi connectivity index (χ1) is 22.5. The Hall–Kier alpha value is -2.19. The molecule has 0 spiro atoms. The Labute approximate surface area is 289 Å². The Kier molecular flexibility index (Phi) is 16.4. The summed E-state index contributed by atoms with van der Waals surface area (Å²) >= 11 is 0. The number of rotatable bonds is 21. The first kappa shape index (κ1) is 42.0. The lowest BCUT2D eigenvalue weighted by Gasteiger charge is -2.42. The maximum absolute atomic E-state index is 14.8. The van der Waals surface area contributed by atoms with Crippen LogP contribution in [0.3, 0.4) is 0 Å². The highest BCUT2D eigenvalue weighted by atomic mass is 31.2. The monoisotopic (exact) mass is 711 g/mol. The standard InChI is InChI=1S/C36H59NO9P2/c1-13-33(29-15-19-31(41-11)20-16-29)34(30-17-21-32(42-12)22-18-30)35(38)37-24-14-23-36(10,47(39,43-25(2)3)44-26(4)5)48(40,45-27(6)7)46-28(8)9/h15-22,25-28,33-34H,13-14,23-24H2,1-12H3,(H,37,38). The number of benzene rings is 2. The van der Waals surface area contributed by atoms with E-state index in [2.05, 4.69) is 12.2 Å². The van der Waals surface area contributed by atoms with Crippen molar-refractivity contribution in [2.24, 2.45) is 0 Å². The molecule has 0 aliphatic carbocycles. The molecule has 2 unspecified atom stereocenters. The molecule has 0 aromatic heterocycles. The average Bonchev–Trinajstić information content (AvgIpc) is 3.00. The van der Waals surface area contributed by atoms with Gasteiger partial charge in [0.15, 0.2) is 4.90 Å². The number of ether oxygens (including phenoxy) is 2. The number of carbonyl (C=O) groups is 1. The summed E-state index contributed by atoms with van der Waals surface area (Å²) < 4.78 is 64.4. The second-order valence-electron chi connectivity index (χ2n) is 13.3. The molecular weight excluding hydrogens is 652 g/mol. The highest BCUT2D eigenvalue weighted by Gasteiger charge is 2.63. The summed E-state index contributed by atoms with van der Waals surface area (Å²) in [6, 6.07) is 15.3. The third-order valence-corrected chi connectivity index (χ3v) is 14.9. The van der Waals surface area contributed by atoms with Gasteiger partial charge in [-0.15, -0.1) is 0 Å². The number of amides is 1. The van der Waals surface area contributed by atoms with Gasteiger partial charge in [0, 0.05) is 6.54 Å². The van der Waals surface area contributed by atoms with Crippen molar-refractivity contribution >= 4 is 21.1 Å². The zero-order valence-electron chi connectivity index (χ0n) is 31.0. The molecule has 2 aromatic rings. The van der Waals surface area contributed by atoms with Crippen molar-refractivity contribution in [2.45, 2.75) is 130 Å². The molecular formula is C36H59NO9P2. The summed E-state index contributed by atoms with van der Waals surface area (Å²) in [7, 11) is -5.06. The Morgan fingerprint density at radius 3 is 1.40 bits per heavy atom. The van der Waals surface area contributed by atoms with Crippen LogP contribution >= 0.6 is 15.2 Å². The van der Waals surface area contributed by atoms with E-state index >= 15 is 0 Å². The van der Waals surface area contributed by atoms with Crippen molar-refractivity contribution in [3.63, 3.8) is 0 Å². The minimum Gasteiger partial charge on any atom is -0.497 e. The number of methoxy groups -OCH3 is 2. The van der Waals surface area contributed by atoms with Gasteiger partial charge < -0.3 is 32.9 Å². The predicted molar refractivity (Wildman–Crippen MR) is 193 cm³/mol. The molecule has 12 heteroatoms. The van der Waals surface area contributed by atoms with Crippen molar-refractivity contribution < 1.29 is 41.5 Å². The molecule has 2 atom stereocenters. The Bertz CT molecular complexity index is 1290. The summed E-state index contributed by atoms with van der Waals surface area (Å²) in [5.74, 6) is 0.628. The molecule has 2 aromatic carbocycles. The number of carbonyl (C=O) groups excluding carboxylic acids is 1. The van der Waals surface area contributed by atoms with Crippen LogP contribution in [0.25, 0.3) is 0 Å². The molecule has 0 aliphatic heterocycles. The molecule has 1 amide bonds. The summed E-state index contributed by atoms with van der Waals surface area (Å²) in [4.78, 5) is 12.5. The minimum absolute atomic E-state index is 0.0730. The van der Waals surface area contributed by atoms with Gasteiger partial charge in [0.05, 0.1) is 44.6 Å². The van der Waals surface area contributed by atoms with Crippen molar-refractivity contribution in [1.82, 2.24) is 5.32 Å². The fourth-order valence-electron chi connectivity index (χ4n) is 5.68. The van der Waals surface area contributed by atoms with Crippen molar-refractivity contribution in [2.75, 3.05) is 20.8 Å². The van der Waals surface area contributed by atoms with E-state index in [1.807, 2.05) is 48.5 Å². The van der Waals surface area contributed by atoms with Crippen molar-refractivity contribution in [3.05, 3.63) is 59.7 Å². The van der Waals surface area contributed by atoms with Crippen LogP contribution in [0, 0.1) is 0 Å². The molecule has 0 radical (unpaired) electrons. The van der Waals surface area contributed by atoms with Crippen molar-refractivity contribution in [1.29, 1.82) is 0 Å². The third kappa shape index (κ3) is 10.9. The molecule has 48 heavy (non-hydrogen) atoms. The zero-order chi connectivity index (χ0) is 36.3. The normalized spacial score (nSPS) is 14.1. The summed E-state index contributed by atoms with van der Waals surface area (Å²) in [6.07, 6.45) is -0.883.